The van der Waals surface area contributed by atoms with Crippen molar-refractivity contribution in [2.45, 2.75) is 32.2 Å². The largest absolute Gasteiger partial charge is 0.397 e. The van der Waals surface area contributed by atoms with Gasteiger partial charge in [0.25, 0.3) is 5.91 Å². The number of nitrogen functional groups attached to an aromatic ring is 1. The summed E-state index contributed by atoms with van der Waals surface area (Å²) in [6, 6.07) is 8.65. The molecule has 1 fully saturated rings. The maximum Gasteiger partial charge on any atom is 0.260 e. The Kier molecular flexibility index (Phi) is 3.80. The standard InChI is InChI=1S/C18H19N5OS/c1-2-9-3-5-10(6-4-9)14-12-13(19)15(16(20)24)25-17(12)23-18(22-14)21-11-7-8-11/h3-6,11H,2,7-8,19H2,1H3,(H2,20,24)(H,21,22,23). The summed E-state index contributed by atoms with van der Waals surface area (Å²) in [5, 5.41) is 4.02. The van der Waals surface area contributed by atoms with Crippen molar-refractivity contribution in [2.75, 3.05) is 11.1 Å². The lowest BCUT2D eigenvalue weighted by Crippen LogP contribution is -2.10. The normalized spacial score (nSPS) is 14.0. The molecule has 1 aliphatic rings. The zero-order chi connectivity index (χ0) is 17.6. The molecule has 5 N–H and O–H groups in total. The van der Waals surface area contributed by atoms with Gasteiger partial charge in [-0.25, -0.2) is 9.97 Å². The number of hydrogen-bond acceptors (Lipinski definition) is 6. The molecule has 128 valence electrons. The Morgan fingerprint density at radius 3 is 2.60 bits per heavy atom. The zero-order valence-corrected chi connectivity index (χ0v) is 14.7. The number of rotatable bonds is 5. The van der Waals surface area contributed by atoms with E-state index in [0.717, 1.165) is 30.5 Å². The fourth-order valence-corrected chi connectivity index (χ4v) is 3.73. The van der Waals surface area contributed by atoms with Crippen LogP contribution < -0.4 is 16.8 Å². The molecule has 0 saturated heterocycles. The second-order valence-corrected chi connectivity index (χ2v) is 7.25. The maximum atomic E-state index is 11.7. The molecule has 0 atom stereocenters. The first kappa shape index (κ1) is 15.8. The van der Waals surface area contributed by atoms with Crippen LogP contribution in [0.5, 0.6) is 0 Å². The molecule has 1 aliphatic carbocycles. The molecule has 0 bridgehead atoms. The number of fused-ring (bicyclic) bond motifs is 1. The number of nitrogens with zero attached hydrogens (tertiary/aromatic N) is 2. The number of benzene rings is 1. The highest BCUT2D eigenvalue weighted by Crippen LogP contribution is 2.39. The van der Waals surface area contributed by atoms with Crippen LogP contribution >= 0.6 is 11.3 Å². The Labute approximate surface area is 149 Å². The van der Waals surface area contributed by atoms with Crippen LogP contribution in [0.4, 0.5) is 11.6 Å². The van der Waals surface area contributed by atoms with Crippen LogP contribution in [0, 0.1) is 0 Å². The SMILES string of the molecule is CCc1ccc(-c2nc(NC3CC3)nc3sc(C(N)=O)c(N)c23)cc1. The highest BCUT2D eigenvalue weighted by molar-refractivity contribution is 7.21. The molecular formula is C18H19N5OS. The number of aryl methyl sites for hydroxylation is 1. The van der Waals surface area contributed by atoms with Crippen LogP contribution in [0.15, 0.2) is 24.3 Å². The minimum Gasteiger partial charge on any atom is -0.397 e. The Balaban J connectivity index is 1.92. The van der Waals surface area contributed by atoms with Crippen LogP contribution in [0.25, 0.3) is 21.5 Å². The number of anilines is 2. The summed E-state index contributed by atoms with van der Waals surface area (Å²) in [5.74, 6) is 0.0336. The van der Waals surface area contributed by atoms with E-state index < -0.39 is 5.91 Å². The molecule has 1 amide bonds. The van der Waals surface area contributed by atoms with E-state index >= 15 is 0 Å². The van der Waals surface area contributed by atoms with Gasteiger partial charge in [0.05, 0.1) is 16.8 Å². The quantitative estimate of drug-likeness (QED) is 0.653. The van der Waals surface area contributed by atoms with E-state index in [1.165, 1.54) is 16.9 Å². The number of thiophene rings is 1. The molecule has 1 aromatic carbocycles. The molecule has 6 nitrogen and oxygen atoms in total. The molecule has 4 rings (SSSR count). The minimum absolute atomic E-state index is 0.333. The van der Waals surface area contributed by atoms with Gasteiger partial charge in [-0.3, -0.25) is 4.79 Å². The third kappa shape index (κ3) is 2.91. The second kappa shape index (κ2) is 6.00. The van der Waals surface area contributed by atoms with Gasteiger partial charge in [0.15, 0.2) is 0 Å². The van der Waals surface area contributed by atoms with Crippen molar-refractivity contribution in [1.29, 1.82) is 0 Å². The van der Waals surface area contributed by atoms with E-state index in [1.807, 2.05) is 12.1 Å². The molecular weight excluding hydrogens is 334 g/mol. The van der Waals surface area contributed by atoms with Crippen molar-refractivity contribution in [3.8, 4) is 11.3 Å². The summed E-state index contributed by atoms with van der Waals surface area (Å²) >= 11 is 1.22. The molecule has 2 aromatic heterocycles. The van der Waals surface area contributed by atoms with Gasteiger partial charge in [-0.2, -0.15) is 0 Å². The lowest BCUT2D eigenvalue weighted by Gasteiger charge is -2.09. The van der Waals surface area contributed by atoms with E-state index in [0.29, 0.717) is 32.8 Å². The summed E-state index contributed by atoms with van der Waals surface area (Å²) in [4.78, 5) is 21.9. The average molecular weight is 353 g/mol. The van der Waals surface area contributed by atoms with Gasteiger partial charge in [0.1, 0.15) is 9.71 Å². The summed E-state index contributed by atoms with van der Waals surface area (Å²) in [6.07, 6.45) is 3.22. The van der Waals surface area contributed by atoms with Crippen molar-refractivity contribution >= 4 is 39.1 Å². The first-order valence-corrected chi connectivity index (χ1v) is 9.14. The van der Waals surface area contributed by atoms with Crippen LogP contribution in [0.3, 0.4) is 0 Å². The second-order valence-electron chi connectivity index (χ2n) is 6.25. The lowest BCUT2D eigenvalue weighted by atomic mass is 10.0. The first-order chi connectivity index (χ1) is 12.1. The molecule has 1 saturated carbocycles. The predicted octanol–water partition coefficient (Wildman–Crippen LogP) is 3.18. The smallest absolute Gasteiger partial charge is 0.260 e. The van der Waals surface area contributed by atoms with Crippen LogP contribution in [-0.4, -0.2) is 21.9 Å². The van der Waals surface area contributed by atoms with E-state index in [2.05, 4.69) is 29.4 Å². The lowest BCUT2D eigenvalue weighted by molar-refractivity contribution is 0.100. The Morgan fingerprint density at radius 2 is 2.00 bits per heavy atom. The first-order valence-electron chi connectivity index (χ1n) is 8.32. The van der Waals surface area contributed by atoms with Gasteiger partial charge in [0, 0.05) is 11.6 Å². The van der Waals surface area contributed by atoms with Gasteiger partial charge < -0.3 is 16.8 Å². The molecule has 7 heteroatoms. The molecule has 0 spiro atoms. The monoisotopic (exact) mass is 353 g/mol. The molecule has 3 aromatic rings. The third-order valence-electron chi connectivity index (χ3n) is 4.36. The molecule has 0 aliphatic heterocycles. The Morgan fingerprint density at radius 1 is 1.28 bits per heavy atom. The summed E-state index contributed by atoms with van der Waals surface area (Å²) in [6.45, 7) is 2.12. The maximum absolute atomic E-state index is 11.7. The van der Waals surface area contributed by atoms with Crippen molar-refractivity contribution in [1.82, 2.24) is 9.97 Å². The predicted molar refractivity (Wildman–Crippen MR) is 102 cm³/mol. The van der Waals surface area contributed by atoms with E-state index in [9.17, 15) is 4.79 Å². The van der Waals surface area contributed by atoms with Gasteiger partial charge in [0.2, 0.25) is 5.95 Å². The molecule has 0 unspecified atom stereocenters. The van der Waals surface area contributed by atoms with E-state index in [-0.39, 0.29) is 0 Å². The molecule has 25 heavy (non-hydrogen) atoms. The topological polar surface area (TPSA) is 107 Å². The van der Waals surface area contributed by atoms with Crippen LogP contribution in [-0.2, 0) is 6.42 Å². The number of aromatic nitrogens is 2. The van der Waals surface area contributed by atoms with E-state index in [1.54, 1.807) is 0 Å². The average Bonchev–Trinajstić information content (AvgIpc) is 3.36. The van der Waals surface area contributed by atoms with E-state index in [4.69, 9.17) is 16.5 Å². The van der Waals surface area contributed by atoms with Crippen LogP contribution in [0.1, 0.15) is 35.0 Å². The fraction of sp³-hybridized carbons (Fsp3) is 0.278. The molecule has 0 radical (unpaired) electrons. The number of amides is 1. The zero-order valence-electron chi connectivity index (χ0n) is 13.9. The van der Waals surface area contributed by atoms with Gasteiger partial charge in [-0.1, -0.05) is 31.2 Å². The minimum atomic E-state index is -0.538. The summed E-state index contributed by atoms with van der Waals surface area (Å²) in [5.41, 5.74) is 15.0. The number of primary amides is 1. The van der Waals surface area contributed by atoms with Gasteiger partial charge in [-0.05, 0) is 24.8 Å². The van der Waals surface area contributed by atoms with Crippen LogP contribution in [0.2, 0.25) is 0 Å². The van der Waals surface area contributed by atoms with Crippen molar-refractivity contribution < 1.29 is 4.79 Å². The van der Waals surface area contributed by atoms with Crippen molar-refractivity contribution in [3.63, 3.8) is 0 Å². The number of carbonyl (C=O) groups excluding carboxylic acids is 1. The number of nitrogens with one attached hydrogen (secondary N) is 1. The highest BCUT2D eigenvalue weighted by Gasteiger charge is 2.25. The summed E-state index contributed by atoms with van der Waals surface area (Å²) in [7, 11) is 0. The summed E-state index contributed by atoms with van der Waals surface area (Å²) < 4.78 is 0. The third-order valence-corrected chi connectivity index (χ3v) is 5.47. The Bertz CT molecular complexity index is 960. The number of carbonyl (C=O) groups is 1. The van der Waals surface area contributed by atoms with Crippen molar-refractivity contribution in [3.05, 3.63) is 34.7 Å². The Hall–Kier alpha value is -2.67. The number of nitrogens with two attached hydrogens (primary N) is 2. The van der Waals surface area contributed by atoms with Crippen molar-refractivity contribution in [2.24, 2.45) is 5.73 Å². The molecule has 2 heterocycles. The van der Waals surface area contributed by atoms with Gasteiger partial charge in [-0.15, -0.1) is 11.3 Å². The highest BCUT2D eigenvalue weighted by atomic mass is 32.1. The fourth-order valence-electron chi connectivity index (χ4n) is 2.79. The number of hydrogen-bond donors (Lipinski definition) is 3. The van der Waals surface area contributed by atoms with Gasteiger partial charge >= 0.3 is 0 Å².